The summed E-state index contributed by atoms with van der Waals surface area (Å²) in [7, 11) is 0. The molecule has 0 bridgehead atoms. The van der Waals surface area contributed by atoms with E-state index < -0.39 is 0 Å². The van der Waals surface area contributed by atoms with Crippen LogP contribution in [0.15, 0.2) is 18.2 Å². The van der Waals surface area contributed by atoms with E-state index in [0.29, 0.717) is 19.6 Å². The summed E-state index contributed by atoms with van der Waals surface area (Å²) in [5, 5.41) is 0. The van der Waals surface area contributed by atoms with Crippen molar-refractivity contribution in [2.45, 2.75) is 51.1 Å². The Labute approximate surface area is 165 Å². The fourth-order valence-corrected chi connectivity index (χ4v) is 4.95. The molecule has 0 aliphatic carbocycles. The monoisotopic (exact) mass is 389 g/mol. The molecule has 0 N–H and O–H groups in total. The molecule has 2 fully saturated rings. The van der Waals surface area contributed by atoms with Crippen molar-refractivity contribution in [3.05, 3.63) is 29.6 Å². The second kappa shape index (κ2) is 7.35. The highest BCUT2D eigenvalue weighted by Gasteiger charge is 2.44. The van der Waals surface area contributed by atoms with E-state index in [1.807, 2.05) is 11.8 Å². The fraction of sp³-hybridized carbons (Fsp3) is 0.619. The summed E-state index contributed by atoms with van der Waals surface area (Å²) in [6.07, 6.45) is 2.77. The molecule has 1 unspecified atom stereocenters. The summed E-state index contributed by atoms with van der Waals surface area (Å²) < 4.78 is 18.6. The first-order valence-corrected chi connectivity index (χ1v) is 10.2. The summed E-state index contributed by atoms with van der Waals surface area (Å²) in [4.78, 5) is 30.7. The van der Waals surface area contributed by atoms with Gasteiger partial charge in [0.25, 0.3) is 0 Å². The van der Waals surface area contributed by atoms with Crippen LogP contribution in [-0.4, -0.2) is 66.2 Å². The SMILES string of the molecule is CCOC(=O)N1CCC(C)(N2CCC(N3C(=O)Cc4cc(F)ccc43)CC2)C1. The third-order valence-electron chi connectivity index (χ3n) is 6.48. The predicted molar refractivity (Wildman–Crippen MR) is 104 cm³/mol. The molecule has 2 amide bonds. The molecule has 3 heterocycles. The average molecular weight is 389 g/mol. The van der Waals surface area contributed by atoms with Crippen molar-refractivity contribution in [1.82, 2.24) is 9.80 Å². The van der Waals surface area contributed by atoms with E-state index in [1.165, 1.54) is 12.1 Å². The van der Waals surface area contributed by atoms with Gasteiger partial charge >= 0.3 is 6.09 Å². The van der Waals surface area contributed by atoms with Crippen LogP contribution in [0.3, 0.4) is 0 Å². The number of fused-ring (bicyclic) bond motifs is 1. The molecule has 0 radical (unpaired) electrons. The molecular weight excluding hydrogens is 361 g/mol. The Morgan fingerprint density at radius 2 is 2.04 bits per heavy atom. The zero-order valence-electron chi connectivity index (χ0n) is 16.6. The zero-order valence-corrected chi connectivity index (χ0v) is 16.6. The van der Waals surface area contributed by atoms with Crippen LogP contribution in [0.1, 0.15) is 38.7 Å². The summed E-state index contributed by atoms with van der Waals surface area (Å²) in [6, 6.07) is 4.80. The molecule has 2 saturated heterocycles. The van der Waals surface area contributed by atoms with Gasteiger partial charge in [0.2, 0.25) is 5.91 Å². The minimum Gasteiger partial charge on any atom is -0.450 e. The van der Waals surface area contributed by atoms with Crippen LogP contribution in [-0.2, 0) is 16.0 Å². The van der Waals surface area contributed by atoms with Crippen molar-refractivity contribution in [1.29, 1.82) is 0 Å². The predicted octanol–water partition coefficient (Wildman–Crippen LogP) is 2.80. The molecule has 0 spiro atoms. The Morgan fingerprint density at radius 3 is 2.75 bits per heavy atom. The first kappa shape index (κ1) is 19.2. The van der Waals surface area contributed by atoms with Crippen LogP contribution in [0.25, 0.3) is 0 Å². The molecular formula is C21H28FN3O3. The van der Waals surface area contributed by atoms with Gasteiger partial charge in [-0.3, -0.25) is 9.69 Å². The second-order valence-electron chi connectivity index (χ2n) is 8.30. The van der Waals surface area contributed by atoms with E-state index in [2.05, 4.69) is 11.8 Å². The number of nitrogens with zero attached hydrogens (tertiary/aromatic N) is 3. The van der Waals surface area contributed by atoms with Crippen molar-refractivity contribution in [3.63, 3.8) is 0 Å². The normalized spacial score (nSPS) is 26.0. The fourth-order valence-electron chi connectivity index (χ4n) is 4.95. The van der Waals surface area contributed by atoms with Gasteiger partial charge in [-0.15, -0.1) is 0 Å². The maximum atomic E-state index is 13.5. The van der Waals surface area contributed by atoms with Crippen LogP contribution in [0, 0.1) is 5.82 Å². The van der Waals surface area contributed by atoms with Crippen LogP contribution in [0.5, 0.6) is 0 Å². The Balaban J connectivity index is 1.39. The maximum absolute atomic E-state index is 13.5. The van der Waals surface area contributed by atoms with E-state index in [4.69, 9.17) is 4.74 Å². The number of carbonyl (C=O) groups excluding carboxylic acids is 2. The second-order valence-corrected chi connectivity index (χ2v) is 8.30. The highest BCUT2D eigenvalue weighted by molar-refractivity contribution is 6.01. The number of anilines is 1. The van der Waals surface area contributed by atoms with Crippen LogP contribution in [0.2, 0.25) is 0 Å². The van der Waals surface area contributed by atoms with Crippen molar-refractivity contribution < 1.29 is 18.7 Å². The maximum Gasteiger partial charge on any atom is 0.409 e. The first-order chi connectivity index (χ1) is 13.4. The van der Waals surface area contributed by atoms with E-state index in [-0.39, 0.29) is 29.4 Å². The third kappa shape index (κ3) is 3.36. The van der Waals surface area contributed by atoms with Gasteiger partial charge in [-0.05, 0) is 56.9 Å². The van der Waals surface area contributed by atoms with E-state index >= 15 is 0 Å². The van der Waals surface area contributed by atoms with Gasteiger partial charge in [-0.1, -0.05) is 0 Å². The Bertz CT molecular complexity index is 778. The molecule has 1 aromatic rings. The molecule has 7 heteroatoms. The standard InChI is InChI=1S/C21H28FN3O3/c1-3-28-20(27)23-11-8-21(2,14-23)24-9-6-17(7-10-24)25-18-5-4-16(22)12-15(18)13-19(25)26/h4-5,12,17H,3,6-11,13-14H2,1-2H3. The van der Waals surface area contributed by atoms with E-state index in [9.17, 15) is 14.0 Å². The van der Waals surface area contributed by atoms with E-state index in [1.54, 1.807) is 11.0 Å². The summed E-state index contributed by atoms with van der Waals surface area (Å²) in [6.45, 7) is 7.61. The molecule has 1 atom stereocenters. The Morgan fingerprint density at radius 1 is 1.29 bits per heavy atom. The third-order valence-corrected chi connectivity index (χ3v) is 6.48. The quantitative estimate of drug-likeness (QED) is 0.798. The van der Waals surface area contributed by atoms with Crippen molar-refractivity contribution in [3.8, 4) is 0 Å². The number of likely N-dealkylation sites (tertiary alicyclic amines) is 2. The first-order valence-electron chi connectivity index (χ1n) is 10.2. The smallest absolute Gasteiger partial charge is 0.409 e. The van der Waals surface area contributed by atoms with Gasteiger partial charge in [0.05, 0.1) is 13.0 Å². The number of hydrogen-bond donors (Lipinski definition) is 0. The van der Waals surface area contributed by atoms with Gasteiger partial charge in [-0.2, -0.15) is 0 Å². The van der Waals surface area contributed by atoms with Gasteiger partial charge < -0.3 is 14.5 Å². The highest BCUT2D eigenvalue weighted by atomic mass is 19.1. The Kier molecular flexibility index (Phi) is 5.04. The molecule has 3 aliphatic rings. The zero-order chi connectivity index (χ0) is 19.9. The number of amides is 2. The van der Waals surface area contributed by atoms with Crippen molar-refractivity contribution in [2.75, 3.05) is 37.7 Å². The minimum atomic E-state index is -0.288. The number of carbonyl (C=O) groups is 2. The number of hydrogen-bond acceptors (Lipinski definition) is 4. The molecule has 0 saturated carbocycles. The van der Waals surface area contributed by atoms with Crippen LogP contribution < -0.4 is 4.90 Å². The molecule has 0 aromatic heterocycles. The summed E-state index contributed by atoms with van der Waals surface area (Å²) in [5.41, 5.74) is 1.61. The molecule has 4 rings (SSSR count). The average Bonchev–Trinajstić information content (AvgIpc) is 3.22. The molecule has 6 nitrogen and oxygen atoms in total. The van der Waals surface area contributed by atoms with Gasteiger partial charge in [-0.25, -0.2) is 9.18 Å². The van der Waals surface area contributed by atoms with Gasteiger partial charge in [0.15, 0.2) is 0 Å². The van der Waals surface area contributed by atoms with Gasteiger partial charge in [0, 0.05) is 43.4 Å². The number of benzene rings is 1. The number of ether oxygens (including phenoxy) is 1. The Hall–Kier alpha value is -2.15. The van der Waals surface area contributed by atoms with Crippen molar-refractivity contribution >= 4 is 17.7 Å². The molecule has 152 valence electrons. The molecule has 3 aliphatic heterocycles. The topological polar surface area (TPSA) is 53.1 Å². The lowest BCUT2D eigenvalue weighted by atomic mass is 9.93. The minimum absolute atomic E-state index is 0.0478. The van der Waals surface area contributed by atoms with Crippen LogP contribution in [0.4, 0.5) is 14.9 Å². The number of piperidine rings is 1. The lowest BCUT2D eigenvalue weighted by Gasteiger charge is -2.44. The summed E-state index contributed by atoms with van der Waals surface area (Å²) in [5.74, 6) is -0.219. The summed E-state index contributed by atoms with van der Waals surface area (Å²) >= 11 is 0. The van der Waals surface area contributed by atoms with Crippen LogP contribution >= 0.6 is 0 Å². The number of rotatable bonds is 3. The van der Waals surface area contributed by atoms with Crippen molar-refractivity contribution in [2.24, 2.45) is 0 Å². The van der Waals surface area contributed by atoms with Gasteiger partial charge in [0.1, 0.15) is 5.82 Å². The molecule has 1 aromatic carbocycles. The lowest BCUT2D eigenvalue weighted by Crippen LogP contribution is -2.55. The lowest BCUT2D eigenvalue weighted by molar-refractivity contribution is -0.118. The largest absolute Gasteiger partial charge is 0.450 e. The number of halogens is 1. The van der Waals surface area contributed by atoms with E-state index in [0.717, 1.165) is 50.1 Å². The highest BCUT2D eigenvalue weighted by Crippen LogP contribution is 2.36. The molecule has 28 heavy (non-hydrogen) atoms.